The van der Waals surface area contributed by atoms with Crippen molar-refractivity contribution in [3.05, 3.63) is 105 Å². The summed E-state index contributed by atoms with van der Waals surface area (Å²) < 4.78 is 6.55. The van der Waals surface area contributed by atoms with Gasteiger partial charge in [0, 0.05) is 17.3 Å². The third-order valence-corrected chi connectivity index (χ3v) is 16.7. The van der Waals surface area contributed by atoms with E-state index in [9.17, 15) is 40.5 Å². The Hall–Kier alpha value is -5.04. The third-order valence-electron chi connectivity index (χ3n) is 16.7. The molecule has 19 heteroatoms. The predicted molar refractivity (Wildman–Crippen MR) is 228 cm³/mol. The maximum absolute atomic E-state index is 11.3. The fourth-order valence-corrected chi connectivity index (χ4v) is 15.0. The first-order valence-corrected chi connectivity index (χ1v) is 23.3. The lowest BCUT2D eigenvalue weighted by Crippen LogP contribution is -2.59. The van der Waals surface area contributed by atoms with Crippen LogP contribution < -0.4 is 16.2 Å². The lowest BCUT2D eigenvalue weighted by Gasteiger charge is -2.65. The monoisotopic (exact) mass is 894 g/mol. The van der Waals surface area contributed by atoms with E-state index in [1.54, 1.807) is 0 Å². The SMILES string of the molecule is NCCC1(c2cc(OCCC(CO[N+](=O)[O-])O[N+](=O)[O-])cc(C3C4CC5CC(C4)C(CCN)(c4cccc(CCCC(CO[N+](=O)[O-])O[N+](=O)[O-])c4)C3C5)c2)C2CC3CC(C2)CC1C3. The highest BCUT2D eigenvalue weighted by Crippen LogP contribution is 2.69. The van der Waals surface area contributed by atoms with E-state index in [0.29, 0.717) is 61.3 Å². The molecule has 0 amide bonds. The molecule has 8 unspecified atom stereocenters. The maximum atomic E-state index is 11.3. The van der Waals surface area contributed by atoms with Gasteiger partial charge in [-0.25, -0.2) is 0 Å². The number of hydrogen-bond donors (Lipinski definition) is 2. The van der Waals surface area contributed by atoms with Crippen molar-refractivity contribution < 1.29 is 44.4 Å². The molecule has 19 nitrogen and oxygen atoms in total. The number of benzene rings is 2. The summed E-state index contributed by atoms with van der Waals surface area (Å²) in [4.78, 5) is 62.4. The Balaban J connectivity index is 1.13. The molecular weight excluding hydrogens is 833 g/mol. The first-order valence-electron chi connectivity index (χ1n) is 23.3. The number of hydrogen-bond acceptors (Lipinski definition) is 15. The van der Waals surface area contributed by atoms with Gasteiger partial charge >= 0.3 is 0 Å². The van der Waals surface area contributed by atoms with Gasteiger partial charge in [-0.3, -0.25) is 0 Å². The Labute approximate surface area is 371 Å². The average molecular weight is 895 g/mol. The third kappa shape index (κ3) is 9.24. The quantitative estimate of drug-likeness (QED) is 0.0764. The van der Waals surface area contributed by atoms with Crippen LogP contribution in [-0.4, -0.2) is 65.5 Å². The smallest absolute Gasteiger partial charge is 0.294 e. The zero-order chi connectivity index (χ0) is 45.2. The van der Waals surface area contributed by atoms with Crippen molar-refractivity contribution in [3.63, 3.8) is 0 Å². The first kappa shape index (κ1) is 45.5. The minimum atomic E-state index is -1.19. The second kappa shape index (κ2) is 19.2. The second-order valence-electron chi connectivity index (χ2n) is 19.8. The summed E-state index contributed by atoms with van der Waals surface area (Å²) in [6.45, 7) is -0.00989. The van der Waals surface area contributed by atoms with Gasteiger partial charge in [-0.2, -0.15) is 0 Å². The van der Waals surface area contributed by atoms with E-state index in [-0.39, 0.29) is 42.1 Å². The maximum Gasteiger partial charge on any atom is 0.294 e. The van der Waals surface area contributed by atoms with Crippen molar-refractivity contribution in [2.75, 3.05) is 32.9 Å². The van der Waals surface area contributed by atoms with Crippen molar-refractivity contribution in [1.29, 1.82) is 0 Å². The molecule has 8 aliphatic carbocycles. The van der Waals surface area contributed by atoms with Gasteiger partial charge in [0.1, 0.15) is 31.2 Å². The van der Waals surface area contributed by atoms with Crippen molar-refractivity contribution >= 4 is 0 Å². The van der Waals surface area contributed by atoms with Crippen molar-refractivity contribution in [2.45, 2.75) is 125 Å². The number of nitrogens with two attached hydrogens (primary N) is 2. The molecule has 10 rings (SSSR count). The normalized spacial score (nSPS) is 32.7. The van der Waals surface area contributed by atoms with Crippen LogP contribution in [0.3, 0.4) is 0 Å². The fraction of sp³-hybridized carbons (Fsp3) is 0.733. The zero-order valence-electron chi connectivity index (χ0n) is 36.3. The highest BCUT2D eigenvalue weighted by Gasteiger charge is 2.62. The summed E-state index contributed by atoms with van der Waals surface area (Å²) in [7, 11) is 0. The number of aryl methyl sites for hydroxylation is 1. The van der Waals surface area contributed by atoms with Gasteiger partial charge in [0.15, 0.2) is 0 Å². The average Bonchev–Trinajstić information content (AvgIpc) is 3.23. The highest BCUT2D eigenvalue weighted by atomic mass is 17.0. The minimum absolute atomic E-state index is 0.000988. The van der Waals surface area contributed by atoms with Gasteiger partial charge in [0.05, 0.1) is 6.61 Å². The standard InChI is InChI=1S/C45H62N6O13/c46-10-8-44(35-16-29-13-30(18-35)19-36(44)17-29)38-23-33(24-41(25-38)60-12-7-40(64-51(58)59)27-62-49(54)55)43-32-14-31-20-37(22-32)45(9-11-47,42(43)21-31)34-5-1-3-28(15-34)4-2-6-39(63-50(56)57)26-61-48(52)53/h1,3,5,15,23-25,29-32,35-37,39-40,42-43H,2,4,6-14,16-22,26-27,46-47H2. The Bertz CT molecular complexity index is 2000. The van der Waals surface area contributed by atoms with Crippen LogP contribution in [0.25, 0.3) is 0 Å². The van der Waals surface area contributed by atoms with Crippen molar-refractivity contribution in [3.8, 4) is 5.75 Å². The van der Waals surface area contributed by atoms with E-state index in [1.165, 1.54) is 48.8 Å². The number of nitrogens with zero attached hydrogens (tertiary/aromatic N) is 4. The molecule has 0 spiro atoms. The fourth-order valence-electron chi connectivity index (χ4n) is 15.0. The summed E-state index contributed by atoms with van der Waals surface area (Å²) in [5.74, 6) is 5.22. The molecule has 8 aliphatic rings. The molecule has 350 valence electrons. The van der Waals surface area contributed by atoms with Gasteiger partial charge in [-0.1, -0.05) is 30.3 Å². The molecule has 0 heterocycles. The molecule has 2 aromatic rings. The lowest BCUT2D eigenvalue weighted by atomic mass is 9.39. The molecule has 64 heavy (non-hydrogen) atoms. The minimum Gasteiger partial charge on any atom is -0.493 e. The molecule has 0 saturated heterocycles. The topological polar surface area (TPSA) is 271 Å². The largest absolute Gasteiger partial charge is 0.493 e. The van der Waals surface area contributed by atoms with Crippen LogP contribution in [0.15, 0.2) is 42.5 Å². The molecule has 8 atom stereocenters. The van der Waals surface area contributed by atoms with Crippen molar-refractivity contribution in [1.82, 2.24) is 0 Å². The van der Waals surface area contributed by atoms with Gasteiger partial charge in [0.25, 0.3) is 20.3 Å². The van der Waals surface area contributed by atoms with Gasteiger partial charge in [-0.05, 0) is 191 Å². The molecule has 8 bridgehead atoms. The number of rotatable bonds is 25. The molecule has 8 fully saturated rings. The Morgan fingerprint density at radius 2 is 1.23 bits per heavy atom. The zero-order valence-corrected chi connectivity index (χ0v) is 36.3. The summed E-state index contributed by atoms with van der Waals surface area (Å²) in [6, 6.07) is 15.5. The van der Waals surface area contributed by atoms with Gasteiger partial charge in [0.2, 0.25) is 0 Å². The molecule has 0 radical (unpaired) electrons. The van der Waals surface area contributed by atoms with Crippen LogP contribution in [0.4, 0.5) is 0 Å². The molecule has 0 aromatic heterocycles. The molecule has 0 aliphatic heterocycles. The van der Waals surface area contributed by atoms with Crippen LogP contribution in [0, 0.1) is 87.8 Å². The van der Waals surface area contributed by atoms with Gasteiger partial charge in [-0.15, -0.1) is 40.5 Å². The van der Waals surface area contributed by atoms with E-state index in [4.69, 9.17) is 25.9 Å². The molecule has 2 aromatic carbocycles. The molecular formula is C45H62N6O13. The van der Waals surface area contributed by atoms with E-state index >= 15 is 0 Å². The number of ether oxygens (including phenoxy) is 1. The molecule has 4 N–H and O–H groups in total. The van der Waals surface area contributed by atoms with E-state index < -0.39 is 45.8 Å². The Morgan fingerprint density at radius 3 is 1.84 bits per heavy atom. The lowest BCUT2D eigenvalue weighted by molar-refractivity contribution is -0.790. The predicted octanol–water partition coefficient (Wildman–Crippen LogP) is 6.83. The summed E-state index contributed by atoms with van der Waals surface area (Å²) in [6.07, 6.45) is 11.3. The second-order valence-corrected chi connectivity index (χ2v) is 19.8. The Kier molecular flexibility index (Phi) is 13.7. The van der Waals surface area contributed by atoms with Crippen LogP contribution in [0.5, 0.6) is 5.75 Å². The van der Waals surface area contributed by atoms with E-state index in [2.05, 4.69) is 52.1 Å². The molecule has 8 saturated carbocycles. The Morgan fingerprint density at radius 1 is 0.641 bits per heavy atom. The first-order chi connectivity index (χ1) is 30.8. The van der Waals surface area contributed by atoms with Crippen LogP contribution in [0.2, 0.25) is 0 Å². The van der Waals surface area contributed by atoms with E-state index in [1.807, 2.05) is 0 Å². The van der Waals surface area contributed by atoms with Gasteiger partial charge < -0.3 is 35.6 Å². The highest BCUT2D eigenvalue weighted by molar-refractivity contribution is 5.45. The summed E-state index contributed by atoms with van der Waals surface area (Å²) >= 11 is 0. The summed E-state index contributed by atoms with van der Waals surface area (Å²) in [5, 5.41) is 40.3. The van der Waals surface area contributed by atoms with Crippen LogP contribution >= 0.6 is 0 Å². The van der Waals surface area contributed by atoms with Crippen molar-refractivity contribution in [2.24, 2.45) is 58.8 Å². The van der Waals surface area contributed by atoms with Crippen LogP contribution in [0.1, 0.15) is 118 Å². The summed E-state index contributed by atoms with van der Waals surface area (Å²) in [5.41, 5.74) is 17.7. The van der Waals surface area contributed by atoms with Crippen LogP contribution in [-0.2, 0) is 36.6 Å². The van der Waals surface area contributed by atoms with E-state index in [0.717, 1.165) is 55.9 Å².